The number of nitrogens with zero attached hydrogens (tertiary/aromatic N) is 2. The molecule has 0 unspecified atom stereocenters. The van der Waals surface area contributed by atoms with Gasteiger partial charge in [-0.25, -0.2) is 4.79 Å². The summed E-state index contributed by atoms with van der Waals surface area (Å²) in [6.07, 6.45) is 0. The van der Waals surface area contributed by atoms with E-state index in [1.807, 2.05) is 45.0 Å². The molecule has 2 rings (SSSR count). The normalized spacial score (nSPS) is 16.5. The molecule has 0 aromatic heterocycles. The molecule has 4 heteroatoms. The third-order valence-electron chi connectivity index (χ3n) is 3.18. The van der Waals surface area contributed by atoms with Gasteiger partial charge in [-0.1, -0.05) is 12.1 Å². The zero-order valence-corrected chi connectivity index (χ0v) is 11.5. The molecule has 0 N–H and O–H groups in total. The van der Waals surface area contributed by atoms with Crippen molar-refractivity contribution in [1.29, 1.82) is 5.26 Å². The van der Waals surface area contributed by atoms with Crippen molar-refractivity contribution in [2.75, 3.05) is 13.1 Å². The molecule has 1 saturated heterocycles. The van der Waals surface area contributed by atoms with Gasteiger partial charge in [-0.15, -0.1) is 5.06 Å². The molecule has 0 aliphatic carbocycles. The molecule has 0 spiro atoms. The lowest BCUT2D eigenvalue weighted by Crippen LogP contribution is -2.47. The monoisotopic (exact) mass is 258 g/mol. The molecule has 4 nitrogen and oxygen atoms in total. The van der Waals surface area contributed by atoms with Crippen LogP contribution in [0.4, 0.5) is 0 Å². The van der Waals surface area contributed by atoms with E-state index in [9.17, 15) is 4.79 Å². The second-order valence-corrected chi connectivity index (χ2v) is 5.91. The van der Waals surface area contributed by atoms with Crippen LogP contribution in [0.25, 0.3) is 0 Å². The van der Waals surface area contributed by atoms with Crippen LogP contribution < -0.4 is 0 Å². The molecule has 1 aliphatic heterocycles. The summed E-state index contributed by atoms with van der Waals surface area (Å²) in [6, 6.07) is 9.67. The first-order valence-corrected chi connectivity index (χ1v) is 6.37. The van der Waals surface area contributed by atoms with Gasteiger partial charge in [0.2, 0.25) is 0 Å². The summed E-state index contributed by atoms with van der Waals surface area (Å²) in [7, 11) is 0. The van der Waals surface area contributed by atoms with E-state index in [1.54, 1.807) is 5.06 Å². The van der Waals surface area contributed by atoms with Gasteiger partial charge < -0.3 is 4.84 Å². The number of hydrogen-bond acceptors (Lipinski definition) is 4. The average Bonchev–Trinajstić information content (AvgIpc) is 2.32. The van der Waals surface area contributed by atoms with E-state index >= 15 is 0 Å². The molecular formula is C15H18N2O2. The van der Waals surface area contributed by atoms with Crippen LogP contribution in [-0.2, 0) is 9.63 Å². The van der Waals surface area contributed by atoms with Gasteiger partial charge in [0.05, 0.1) is 17.0 Å². The van der Waals surface area contributed by atoms with E-state index in [0.29, 0.717) is 24.6 Å². The second-order valence-electron chi connectivity index (χ2n) is 5.91. The Hall–Kier alpha value is -1.86. The highest BCUT2D eigenvalue weighted by Gasteiger charge is 2.34. The Bertz CT molecular complexity index is 502. The first-order valence-electron chi connectivity index (χ1n) is 6.37. The Morgan fingerprint density at radius 1 is 1.32 bits per heavy atom. The topological polar surface area (TPSA) is 53.3 Å². The van der Waals surface area contributed by atoms with Gasteiger partial charge in [-0.2, -0.15) is 5.26 Å². The maximum atomic E-state index is 11.7. The quantitative estimate of drug-likeness (QED) is 0.817. The van der Waals surface area contributed by atoms with Gasteiger partial charge >= 0.3 is 5.97 Å². The summed E-state index contributed by atoms with van der Waals surface area (Å²) < 4.78 is 0. The highest BCUT2D eigenvalue weighted by Crippen LogP contribution is 2.28. The first kappa shape index (κ1) is 13.6. The number of rotatable bonds is 2. The van der Waals surface area contributed by atoms with Crippen LogP contribution in [0.3, 0.4) is 0 Å². The maximum absolute atomic E-state index is 11.7. The third-order valence-corrected chi connectivity index (χ3v) is 3.18. The minimum atomic E-state index is -0.473. The summed E-state index contributed by atoms with van der Waals surface area (Å²) in [5, 5.41) is 10.4. The molecule has 0 radical (unpaired) electrons. The number of hydrogen-bond donors (Lipinski definition) is 0. The van der Waals surface area contributed by atoms with Gasteiger partial charge in [0.25, 0.3) is 0 Å². The molecule has 1 heterocycles. The molecule has 1 fully saturated rings. The fraction of sp³-hybridized carbons (Fsp3) is 0.467. The summed E-state index contributed by atoms with van der Waals surface area (Å²) >= 11 is 0. The van der Waals surface area contributed by atoms with Crippen molar-refractivity contribution in [3.05, 3.63) is 35.4 Å². The molecule has 0 amide bonds. The summed E-state index contributed by atoms with van der Waals surface area (Å²) in [6.45, 7) is 6.95. The lowest BCUT2D eigenvalue weighted by Gasteiger charge is -2.38. The van der Waals surface area contributed by atoms with Crippen LogP contribution in [0.5, 0.6) is 0 Å². The molecule has 1 aromatic carbocycles. The largest absolute Gasteiger partial charge is 0.367 e. The Kier molecular flexibility index (Phi) is 3.59. The molecule has 1 aromatic rings. The van der Waals surface area contributed by atoms with Gasteiger partial charge in [-0.05, 0) is 38.5 Å². The van der Waals surface area contributed by atoms with Crippen LogP contribution >= 0.6 is 0 Å². The third kappa shape index (κ3) is 3.12. The molecule has 100 valence electrons. The fourth-order valence-corrected chi connectivity index (χ4v) is 1.81. The molecular weight excluding hydrogens is 240 g/mol. The highest BCUT2D eigenvalue weighted by atomic mass is 16.7. The van der Waals surface area contributed by atoms with E-state index in [4.69, 9.17) is 10.1 Å². The predicted molar refractivity (Wildman–Crippen MR) is 71.0 cm³/mol. The molecule has 0 bridgehead atoms. The van der Waals surface area contributed by atoms with Crippen LogP contribution in [-0.4, -0.2) is 24.1 Å². The van der Waals surface area contributed by atoms with Crippen molar-refractivity contribution in [2.24, 2.45) is 5.41 Å². The standard InChI is InChI=1S/C15H18N2O2/c1-15(2,3)14(18)19-17-9-13(10-17)12-6-4-11(8-16)5-7-12/h4-7,13H,9-10H2,1-3H3. The zero-order chi connectivity index (χ0) is 14.0. The number of nitriles is 1. The Labute approximate surface area is 113 Å². The lowest BCUT2D eigenvalue weighted by atomic mass is 9.92. The Morgan fingerprint density at radius 2 is 1.89 bits per heavy atom. The van der Waals surface area contributed by atoms with Crippen molar-refractivity contribution >= 4 is 5.97 Å². The van der Waals surface area contributed by atoms with Crippen molar-refractivity contribution in [3.63, 3.8) is 0 Å². The SMILES string of the molecule is CC(C)(C)C(=O)ON1CC(c2ccc(C#N)cc2)C1. The molecule has 1 aliphatic rings. The Morgan fingerprint density at radius 3 is 2.37 bits per heavy atom. The number of carbonyl (C=O) groups is 1. The van der Waals surface area contributed by atoms with Crippen molar-refractivity contribution < 1.29 is 9.63 Å². The van der Waals surface area contributed by atoms with Crippen LogP contribution in [0.1, 0.15) is 37.8 Å². The van der Waals surface area contributed by atoms with Gasteiger partial charge in [0.15, 0.2) is 0 Å². The van der Waals surface area contributed by atoms with E-state index in [0.717, 1.165) is 0 Å². The second kappa shape index (κ2) is 5.02. The average molecular weight is 258 g/mol. The molecule has 19 heavy (non-hydrogen) atoms. The zero-order valence-electron chi connectivity index (χ0n) is 11.5. The van der Waals surface area contributed by atoms with Crippen molar-refractivity contribution in [1.82, 2.24) is 5.06 Å². The predicted octanol–water partition coefficient (Wildman–Crippen LogP) is 2.46. The summed E-state index contributed by atoms with van der Waals surface area (Å²) in [4.78, 5) is 17.0. The number of hydroxylamine groups is 2. The van der Waals surface area contributed by atoms with Crippen LogP contribution in [0, 0.1) is 16.7 Å². The molecule has 0 atom stereocenters. The van der Waals surface area contributed by atoms with Gasteiger partial charge in [0, 0.05) is 19.0 Å². The minimum Gasteiger partial charge on any atom is -0.367 e. The number of carbonyl (C=O) groups excluding carboxylic acids is 1. The van der Waals surface area contributed by atoms with Crippen molar-refractivity contribution in [3.8, 4) is 6.07 Å². The lowest BCUT2D eigenvalue weighted by molar-refractivity contribution is -0.220. The van der Waals surface area contributed by atoms with Gasteiger partial charge in [0.1, 0.15) is 0 Å². The summed E-state index contributed by atoms with van der Waals surface area (Å²) in [5.74, 6) is 0.172. The van der Waals surface area contributed by atoms with Crippen LogP contribution in [0.15, 0.2) is 24.3 Å². The maximum Gasteiger partial charge on any atom is 0.330 e. The van der Waals surface area contributed by atoms with E-state index in [2.05, 4.69) is 6.07 Å². The summed E-state index contributed by atoms with van der Waals surface area (Å²) in [5.41, 5.74) is 1.38. The fourth-order valence-electron chi connectivity index (χ4n) is 1.81. The van der Waals surface area contributed by atoms with Crippen LogP contribution in [0.2, 0.25) is 0 Å². The first-order chi connectivity index (χ1) is 8.90. The van der Waals surface area contributed by atoms with E-state index in [1.165, 1.54) is 5.56 Å². The van der Waals surface area contributed by atoms with E-state index < -0.39 is 5.41 Å². The van der Waals surface area contributed by atoms with Gasteiger partial charge in [-0.3, -0.25) is 0 Å². The smallest absolute Gasteiger partial charge is 0.330 e. The highest BCUT2D eigenvalue weighted by molar-refractivity contribution is 5.75. The Balaban J connectivity index is 1.86. The number of benzene rings is 1. The van der Waals surface area contributed by atoms with E-state index in [-0.39, 0.29) is 5.97 Å². The molecule has 0 saturated carbocycles. The van der Waals surface area contributed by atoms with Crippen molar-refractivity contribution in [2.45, 2.75) is 26.7 Å². The minimum absolute atomic E-state index is 0.203.